The summed E-state index contributed by atoms with van der Waals surface area (Å²) in [5, 5.41) is 3.15. The smallest absolute Gasteiger partial charge is 0.340 e. The van der Waals surface area contributed by atoms with Gasteiger partial charge in [0.15, 0.2) is 6.61 Å². The van der Waals surface area contributed by atoms with E-state index in [1.54, 1.807) is 12.1 Å². The Kier molecular flexibility index (Phi) is 6.19. The molecular weight excluding hydrogens is 276 g/mol. The standard InChI is InChI=1S/C13H18F4N2O/c1-3-6-18-9(2)10-5-4-7-19-11(10)20-8-13(16,17)12(14)15/h4-5,7,9,12,18H,3,6,8H2,1-2H3. The number of hydrogen-bond acceptors (Lipinski definition) is 3. The van der Waals surface area contributed by atoms with Crippen LogP contribution in [0.1, 0.15) is 31.9 Å². The highest BCUT2D eigenvalue weighted by Crippen LogP contribution is 2.27. The van der Waals surface area contributed by atoms with Crippen molar-refractivity contribution in [2.24, 2.45) is 0 Å². The van der Waals surface area contributed by atoms with E-state index in [1.807, 2.05) is 13.8 Å². The van der Waals surface area contributed by atoms with Gasteiger partial charge in [-0.3, -0.25) is 0 Å². The van der Waals surface area contributed by atoms with E-state index in [-0.39, 0.29) is 11.9 Å². The van der Waals surface area contributed by atoms with Gasteiger partial charge in [0.2, 0.25) is 5.88 Å². The maximum atomic E-state index is 12.8. The number of nitrogens with one attached hydrogen (secondary N) is 1. The lowest BCUT2D eigenvalue weighted by Crippen LogP contribution is -2.34. The molecule has 0 bridgehead atoms. The molecular formula is C13H18F4N2O. The lowest BCUT2D eigenvalue weighted by molar-refractivity contribution is -0.148. The minimum atomic E-state index is -4.19. The summed E-state index contributed by atoms with van der Waals surface area (Å²) in [6, 6.07) is 3.13. The molecule has 1 atom stereocenters. The van der Waals surface area contributed by atoms with Crippen molar-refractivity contribution in [2.45, 2.75) is 38.7 Å². The Labute approximate surface area is 115 Å². The van der Waals surface area contributed by atoms with Gasteiger partial charge in [0.05, 0.1) is 0 Å². The molecule has 1 rings (SSSR count). The lowest BCUT2D eigenvalue weighted by Gasteiger charge is -2.19. The minimum Gasteiger partial charge on any atom is -0.471 e. The highest BCUT2D eigenvalue weighted by molar-refractivity contribution is 5.28. The van der Waals surface area contributed by atoms with Gasteiger partial charge in [0, 0.05) is 17.8 Å². The summed E-state index contributed by atoms with van der Waals surface area (Å²) in [5.74, 6) is -4.24. The molecule has 3 nitrogen and oxygen atoms in total. The third-order valence-corrected chi connectivity index (χ3v) is 2.69. The summed E-state index contributed by atoms with van der Waals surface area (Å²) >= 11 is 0. The third kappa shape index (κ3) is 4.63. The van der Waals surface area contributed by atoms with Crippen LogP contribution in [0.25, 0.3) is 0 Å². The van der Waals surface area contributed by atoms with Crippen molar-refractivity contribution in [1.82, 2.24) is 10.3 Å². The number of ether oxygens (including phenoxy) is 1. The maximum Gasteiger partial charge on any atom is 0.340 e. The maximum absolute atomic E-state index is 12.8. The number of pyridine rings is 1. The molecule has 0 amide bonds. The van der Waals surface area contributed by atoms with Crippen LogP contribution in [-0.2, 0) is 0 Å². The zero-order chi connectivity index (χ0) is 15.2. The fraction of sp³-hybridized carbons (Fsp3) is 0.615. The van der Waals surface area contributed by atoms with E-state index in [9.17, 15) is 17.6 Å². The summed E-state index contributed by atoms with van der Waals surface area (Å²) in [7, 11) is 0. The Bertz CT molecular complexity index is 415. The molecule has 1 aromatic heterocycles. The molecule has 1 N–H and O–H groups in total. The summed E-state index contributed by atoms with van der Waals surface area (Å²) in [6.45, 7) is 3.16. The number of hydrogen-bond donors (Lipinski definition) is 1. The second-order valence-corrected chi connectivity index (χ2v) is 4.42. The topological polar surface area (TPSA) is 34.2 Å². The molecule has 1 aromatic rings. The van der Waals surface area contributed by atoms with Gasteiger partial charge in [-0.2, -0.15) is 8.78 Å². The first kappa shape index (κ1) is 16.7. The van der Waals surface area contributed by atoms with Gasteiger partial charge >= 0.3 is 12.3 Å². The zero-order valence-electron chi connectivity index (χ0n) is 11.4. The monoisotopic (exact) mass is 294 g/mol. The van der Waals surface area contributed by atoms with Crippen LogP contribution in [-0.4, -0.2) is 30.5 Å². The number of nitrogens with zero attached hydrogens (tertiary/aromatic N) is 1. The second kappa shape index (κ2) is 7.42. The number of halogens is 4. The van der Waals surface area contributed by atoms with Gasteiger partial charge in [-0.1, -0.05) is 13.0 Å². The average molecular weight is 294 g/mol. The summed E-state index contributed by atoms with van der Waals surface area (Å²) in [5.41, 5.74) is 0.561. The van der Waals surface area contributed by atoms with Gasteiger partial charge in [-0.25, -0.2) is 13.8 Å². The van der Waals surface area contributed by atoms with E-state index in [2.05, 4.69) is 10.3 Å². The van der Waals surface area contributed by atoms with E-state index in [1.165, 1.54) is 6.20 Å². The molecule has 0 saturated heterocycles. The molecule has 1 unspecified atom stereocenters. The van der Waals surface area contributed by atoms with Crippen LogP contribution in [0.2, 0.25) is 0 Å². The summed E-state index contributed by atoms with van der Waals surface area (Å²) in [4.78, 5) is 3.83. The van der Waals surface area contributed by atoms with E-state index < -0.39 is 19.0 Å². The van der Waals surface area contributed by atoms with E-state index >= 15 is 0 Å². The predicted molar refractivity (Wildman–Crippen MR) is 67.4 cm³/mol. The Morgan fingerprint density at radius 1 is 1.40 bits per heavy atom. The first-order chi connectivity index (χ1) is 9.38. The molecule has 0 saturated carbocycles. The Balaban J connectivity index is 2.75. The van der Waals surface area contributed by atoms with Crippen LogP contribution in [0.4, 0.5) is 17.6 Å². The second-order valence-electron chi connectivity index (χ2n) is 4.42. The number of aromatic nitrogens is 1. The molecule has 0 aromatic carbocycles. The van der Waals surface area contributed by atoms with Crippen LogP contribution >= 0.6 is 0 Å². The molecule has 1 heterocycles. The molecule has 7 heteroatoms. The Hall–Kier alpha value is -1.37. The average Bonchev–Trinajstić information content (AvgIpc) is 2.42. The molecule has 0 spiro atoms. The molecule has 0 fully saturated rings. The first-order valence-electron chi connectivity index (χ1n) is 6.35. The van der Waals surface area contributed by atoms with Crippen molar-refractivity contribution >= 4 is 0 Å². The largest absolute Gasteiger partial charge is 0.471 e. The zero-order valence-corrected chi connectivity index (χ0v) is 11.4. The third-order valence-electron chi connectivity index (χ3n) is 2.69. The number of rotatable bonds is 8. The molecule has 0 aliphatic heterocycles. The van der Waals surface area contributed by atoms with Crippen molar-refractivity contribution in [3.63, 3.8) is 0 Å². The minimum absolute atomic E-state index is 0.0519. The molecule has 0 aliphatic carbocycles. The van der Waals surface area contributed by atoms with E-state index in [4.69, 9.17) is 4.74 Å². The Morgan fingerprint density at radius 2 is 2.10 bits per heavy atom. The fourth-order valence-electron chi connectivity index (χ4n) is 1.55. The summed E-state index contributed by atoms with van der Waals surface area (Å²) < 4.78 is 54.6. The normalized spacial score (nSPS) is 13.6. The molecule has 114 valence electrons. The van der Waals surface area contributed by atoms with Gasteiger partial charge in [-0.05, 0) is 26.0 Å². The van der Waals surface area contributed by atoms with Crippen LogP contribution < -0.4 is 10.1 Å². The summed E-state index contributed by atoms with van der Waals surface area (Å²) in [6.07, 6.45) is -1.49. The lowest BCUT2D eigenvalue weighted by atomic mass is 10.1. The highest BCUT2D eigenvalue weighted by Gasteiger charge is 2.42. The molecule has 20 heavy (non-hydrogen) atoms. The van der Waals surface area contributed by atoms with Crippen LogP contribution in [0.5, 0.6) is 5.88 Å². The van der Waals surface area contributed by atoms with Gasteiger partial charge in [0.25, 0.3) is 0 Å². The van der Waals surface area contributed by atoms with E-state index in [0.29, 0.717) is 5.56 Å². The molecule has 0 aliphatic rings. The van der Waals surface area contributed by atoms with Crippen molar-refractivity contribution in [3.05, 3.63) is 23.9 Å². The van der Waals surface area contributed by atoms with Crippen molar-refractivity contribution in [2.75, 3.05) is 13.2 Å². The van der Waals surface area contributed by atoms with Gasteiger partial charge in [-0.15, -0.1) is 0 Å². The van der Waals surface area contributed by atoms with Crippen molar-refractivity contribution in [3.8, 4) is 5.88 Å². The van der Waals surface area contributed by atoms with Crippen LogP contribution in [0, 0.1) is 0 Å². The van der Waals surface area contributed by atoms with Gasteiger partial charge in [0.1, 0.15) is 0 Å². The van der Waals surface area contributed by atoms with Gasteiger partial charge < -0.3 is 10.1 Å². The van der Waals surface area contributed by atoms with Crippen LogP contribution in [0.3, 0.4) is 0 Å². The Morgan fingerprint density at radius 3 is 2.70 bits per heavy atom. The molecule has 0 radical (unpaired) electrons. The van der Waals surface area contributed by atoms with Crippen molar-refractivity contribution < 1.29 is 22.3 Å². The van der Waals surface area contributed by atoms with Crippen molar-refractivity contribution in [1.29, 1.82) is 0 Å². The predicted octanol–water partition coefficient (Wildman–Crippen LogP) is 3.42. The SMILES string of the molecule is CCCNC(C)c1cccnc1OCC(F)(F)C(F)F. The van der Waals surface area contributed by atoms with E-state index in [0.717, 1.165) is 13.0 Å². The van der Waals surface area contributed by atoms with Crippen LogP contribution in [0.15, 0.2) is 18.3 Å². The first-order valence-corrected chi connectivity index (χ1v) is 6.35. The quantitative estimate of drug-likeness (QED) is 0.746. The number of alkyl halides is 4. The highest BCUT2D eigenvalue weighted by atomic mass is 19.3. The fourth-order valence-corrected chi connectivity index (χ4v) is 1.55.